The van der Waals surface area contributed by atoms with Gasteiger partial charge < -0.3 is 15.5 Å². The van der Waals surface area contributed by atoms with Crippen LogP contribution >= 0.6 is 11.3 Å². The minimum absolute atomic E-state index is 0.0182. The van der Waals surface area contributed by atoms with Gasteiger partial charge in [-0.1, -0.05) is 32.9 Å². The van der Waals surface area contributed by atoms with Gasteiger partial charge in [-0.15, -0.1) is 11.3 Å². The molecule has 2 aliphatic rings. The summed E-state index contributed by atoms with van der Waals surface area (Å²) in [5, 5.41) is 18.0. The number of H-pyrrole nitrogens is 1. The average molecular weight is 516 g/mol. The Morgan fingerprint density at radius 1 is 1.14 bits per heavy atom. The van der Waals surface area contributed by atoms with E-state index in [9.17, 15) is 9.59 Å². The smallest absolute Gasteiger partial charge is 0.287 e. The van der Waals surface area contributed by atoms with Crippen molar-refractivity contribution in [3.05, 3.63) is 73.3 Å². The first-order valence-electron chi connectivity index (χ1n) is 12.4. The lowest BCUT2D eigenvalue weighted by atomic mass is 9.94. The Hall–Kier alpha value is -3.76. The molecule has 190 valence electrons. The van der Waals surface area contributed by atoms with Gasteiger partial charge in [-0.25, -0.2) is 5.10 Å². The molecule has 0 saturated carbocycles. The maximum atomic E-state index is 13.4. The first-order valence-corrected chi connectivity index (χ1v) is 13.2. The summed E-state index contributed by atoms with van der Waals surface area (Å²) in [4.78, 5) is 29.8. The number of thiophene rings is 1. The summed E-state index contributed by atoms with van der Waals surface area (Å²) in [6.07, 6.45) is 0. The molecular formula is C27H29N7O2S. The summed E-state index contributed by atoms with van der Waals surface area (Å²) < 4.78 is 1.94. The highest BCUT2D eigenvalue weighted by molar-refractivity contribution is 7.14. The molecule has 37 heavy (non-hydrogen) atoms. The fourth-order valence-corrected chi connectivity index (χ4v) is 6.06. The van der Waals surface area contributed by atoms with E-state index in [1.54, 1.807) is 17.4 Å². The standard InChI is InChI=1S/C27H29N7O2S/c1-15-18(6-5-7-21(15)33-14-16-10-22(27(2,3)4)37-24(16)26(33)36)19-12-20(25(35)31-30-19)29-23-11-17-13-28-8-9-34(17)32-23/h5-7,10-12,28H,8-9,13-14H2,1-4H3,(H,31,35)(H,29,30,32). The van der Waals surface area contributed by atoms with Gasteiger partial charge in [0.25, 0.3) is 11.5 Å². The van der Waals surface area contributed by atoms with Crippen molar-refractivity contribution in [3.8, 4) is 11.3 Å². The molecule has 5 heterocycles. The molecule has 0 fully saturated rings. The molecule has 0 radical (unpaired) electrons. The number of carbonyl (C=O) groups is 1. The highest BCUT2D eigenvalue weighted by atomic mass is 32.1. The number of hydrogen-bond acceptors (Lipinski definition) is 7. The summed E-state index contributed by atoms with van der Waals surface area (Å²) in [7, 11) is 0. The molecule has 4 aromatic rings. The number of fused-ring (bicyclic) bond motifs is 2. The minimum Gasteiger partial charge on any atom is -0.334 e. The van der Waals surface area contributed by atoms with E-state index in [0.717, 1.165) is 52.6 Å². The first-order chi connectivity index (χ1) is 17.7. The summed E-state index contributed by atoms with van der Waals surface area (Å²) in [5.41, 5.74) is 5.45. The van der Waals surface area contributed by atoms with Crippen LogP contribution in [0.2, 0.25) is 0 Å². The van der Waals surface area contributed by atoms with Gasteiger partial charge in [0.1, 0.15) is 5.69 Å². The summed E-state index contributed by atoms with van der Waals surface area (Å²) in [5.74, 6) is 0.654. The number of nitrogens with one attached hydrogen (secondary N) is 3. The first kappa shape index (κ1) is 23.6. The van der Waals surface area contributed by atoms with Gasteiger partial charge in [-0.2, -0.15) is 10.2 Å². The Labute approximate surface area is 218 Å². The largest absolute Gasteiger partial charge is 0.334 e. The van der Waals surface area contributed by atoms with Crippen molar-refractivity contribution in [2.24, 2.45) is 0 Å². The van der Waals surface area contributed by atoms with Crippen molar-refractivity contribution in [1.82, 2.24) is 25.3 Å². The highest BCUT2D eigenvalue weighted by Gasteiger charge is 2.34. The Morgan fingerprint density at radius 3 is 2.73 bits per heavy atom. The van der Waals surface area contributed by atoms with Gasteiger partial charge in [0.15, 0.2) is 5.82 Å². The lowest BCUT2D eigenvalue weighted by Gasteiger charge is -2.21. The Kier molecular flexibility index (Phi) is 5.54. The van der Waals surface area contributed by atoms with E-state index < -0.39 is 0 Å². The van der Waals surface area contributed by atoms with Crippen LogP contribution in [0.15, 0.2) is 41.2 Å². The molecule has 0 bridgehead atoms. The maximum absolute atomic E-state index is 13.4. The van der Waals surface area contributed by atoms with Gasteiger partial charge in [-0.05, 0) is 41.7 Å². The lowest BCUT2D eigenvalue weighted by Crippen LogP contribution is -2.28. The third kappa shape index (κ3) is 4.15. The summed E-state index contributed by atoms with van der Waals surface area (Å²) in [6.45, 7) is 11.5. The number of nitrogens with zero attached hydrogens (tertiary/aromatic N) is 4. The Bertz CT molecular complexity index is 1570. The third-order valence-electron chi connectivity index (χ3n) is 6.92. The molecular weight excluding hydrogens is 486 g/mol. The second-order valence-electron chi connectivity index (χ2n) is 10.6. The van der Waals surface area contributed by atoms with Crippen molar-refractivity contribution < 1.29 is 4.79 Å². The van der Waals surface area contributed by atoms with Crippen molar-refractivity contribution in [2.75, 3.05) is 16.8 Å². The molecule has 0 saturated heterocycles. The number of carbonyl (C=O) groups excluding carboxylic acids is 1. The van der Waals surface area contributed by atoms with Crippen LogP contribution < -0.4 is 21.1 Å². The predicted molar refractivity (Wildman–Crippen MR) is 146 cm³/mol. The number of hydrogen-bond donors (Lipinski definition) is 3. The Balaban J connectivity index is 1.30. The zero-order valence-electron chi connectivity index (χ0n) is 21.3. The maximum Gasteiger partial charge on any atom is 0.287 e. The van der Waals surface area contributed by atoms with Crippen molar-refractivity contribution >= 4 is 34.4 Å². The van der Waals surface area contributed by atoms with E-state index in [2.05, 4.69) is 52.8 Å². The fourth-order valence-electron chi connectivity index (χ4n) is 4.88. The van der Waals surface area contributed by atoms with E-state index in [4.69, 9.17) is 0 Å². The van der Waals surface area contributed by atoms with Gasteiger partial charge in [0.2, 0.25) is 0 Å². The highest BCUT2D eigenvalue weighted by Crippen LogP contribution is 2.40. The fraction of sp³-hybridized carbons (Fsp3) is 0.333. The number of rotatable bonds is 4. The number of aromatic amines is 1. The Morgan fingerprint density at radius 2 is 1.97 bits per heavy atom. The van der Waals surface area contributed by atoms with E-state index in [0.29, 0.717) is 23.7 Å². The molecule has 9 nitrogen and oxygen atoms in total. The summed E-state index contributed by atoms with van der Waals surface area (Å²) in [6, 6.07) is 11.7. The molecule has 3 aromatic heterocycles. The zero-order valence-corrected chi connectivity index (χ0v) is 22.1. The van der Waals surface area contributed by atoms with Gasteiger partial charge >= 0.3 is 0 Å². The van der Waals surface area contributed by atoms with Crippen LogP contribution in [0.1, 0.15) is 52.1 Å². The molecule has 1 amide bonds. The molecule has 1 aromatic carbocycles. The summed E-state index contributed by atoms with van der Waals surface area (Å²) >= 11 is 1.59. The zero-order chi connectivity index (χ0) is 25.9. The monoisotopic (exact) mass is 515 g/mol. The van der Waals surface area contributed by atoms with Gasteiger partial charge in [0.05, 0.1) is 29.4 Å². The molecule has 0 spiro atoms. The van der Waals surface area contributed by atoms with Crippen LogP contribution in [-0.4, -0.2) is 32.4 Å². The second-order valence-corrected chi connectivity index (χ2v) is 11.7. The minimum atomic E-state index is -0.324. The lowest BCUT2D eigenvalue weighted by molar-refractivity contribution is 0.1000. The van der Waals surface area contributed by atoms with Gasteiger partial charge in [0, 0.05) is 35.3 Å². The normalized spacial score (nSPS) is 15.1. The van der Waals surface area contributed by atoms with Crippen LogP contribution in [0.25, 0.3) is 11.3 Å². The van der Waals surface area contributed by atoms with E-state index in [-0.39, 0.29) is 16.9 Å². The van der Waals surface area contributed by atoms with Crippen molar-refractivity contribution in [2.45, 2.75) is 52.7 Å². The second kappa shape index (κ2) is 8.67. The number of aromatic nitrogens is 4. The SMILES string of the molecule is Cc1c(-c2cc(Nc3cc4n(n3)CCNC4)c(=O)[nH]n2)cccc1N1Cc2cc(C(C)(C)C)sc2C1=O. The van der Waals surface area contributed by atoms with E-state index >= 15 is 0 Å². The van der Waals surface area contributed by atoms with Crippen LogP contribution in [0.5, 0.6) is 0 Å². The molecule has 3 N–H and O–H groups in total. The van der Waals surface area contributed by atoms with Gasteiger partial charge in [-0.3, -0.25) is 14.3 Å². The third-order valence-corrected chi connectivity index (χ3v) is 8.52. The number of benzene rings is 1. The van der Waals surface area contributed by atoms with E-state index in [1.807, 2.05) is 40.8 Å². The van der Waals surface area contributed by atoms with Crippen LogP contribution in [0, 0.1) is 6.92 Å². The molecule has 0 atom stereocenters. The quantitative estimate of drug-likeness (QED) is 0.374. The molecule has 10 heteroatoms. The average Bonchev–Trinajstić information content (AvgIpc) is 3.54. The van der Waals surface area contributed by atoms with Crippen molar-refractivity contribution in [1.29, 1.82) is 0 Å². The van der Waals surface area contributed by atoms with Crippen molar-refractivity contribution in [3.63, 3.8) is 0 Å². The molecule has 6 rings (SSSR count). The van der Waals surface area contributed by atoms with E-state index in [1.165, 1.54) is 4.88 Å². The number of amides is 1. The van der Waals surface area contributed by atoms with Crippen LogP contribution in [-0.2, 0) is 25.0 Å². The predicted octanol–water partition coefficient (Wildman–Crippen LogP) is 4.31. The number of anilines is 3. The van der Waals surface area contributed by atoms with Crippen LogP contribution in [0.3, 0.4) is 0 Å². The molecule has 0 aliphatic carbocycles. The topological polar surface area (TPSA) is 108 Å². The van der Waals surface area contributed by atoms with Crippen LogP contribution in [0.4, 0.5) is 17.2 Å². The molecule has 0 unspecified atom stereocenters. The molecule has 2 aliphatic heterocycles.